The number of rotatable bonds is 16. The van der Waals surface area contributed by atoms with E-state index in [-0.39, 0.29) is 52.1 Å². The number of carboxylic acid groups (broad SMARTS) is 5. The van der Waals surface area contributed by atoms with Gasteiger partial charge in [0.1, 0.15) is 42.7 Å². The molecule has 3 aliphatic heterocycles. The van der Waals surface area contributed by atoms with E-state index in [1.165, 1.54) is 98.3 Å². The van der Waals surface area contributed by atoms with Crippen LogP contribution in [0.1, 0.15) is 91.3 Å². The molecule has 8 rings (SSSR count). The molecule has 5 aromatic rings. The number of nitrogens with one attached hydrogen (secondary N) is 5. The molecular weight excluding hydrogens is 1130 g/mol. The number of nitrogens with zero attached hydrogens (tertiary/aromatic N) is 1. The number of carbonyl (C=O) groups is 8. The smallest absolute Gasteiger partial charge is 0.335 e. The van der Waals surface area contributed by atoms with Gasteiger partial charge < -0.3 is 97.3 Å². The summed E-state index contributed by atoms with van der Waals surface area (Å²) in [5.41, 5.74) is 3.72. The molecule has 3 aliphatic rings. The van der Waals surface area contributed by atoms with Gasteiger partial charge in [0.15, 0.2) is 12.5 Å². The van der Waals surface area contributed by atoms with Gasteiger partial charge in [-0.2, -0.15) is 0 Å². The average molecular weight is 1200 g/mol. The van der Waals surface area contributed by atoms with Crippen LogP contribution in [0.5, 0.6) is 0 Å². The van der Waals surface area contributed by atoms with E-state index in [1.54, 1.807) is 43.3 Å². The summed E-state index contributed by atoms with van der Waals surface area (Å²) in [7, 11) is 0. The predicted octanol–water partition coefficient (Wildman–Crippen LogP) is 2.72. The number of anilines is 5. The van der Waals surface area contributed by atoms with Gasteiger partial charge in [-0.25, -0.2) is 24.0 Å². The molecule has 5 aromatic carbocycles. The van der Waals surface area contributed by atoms with Crippen molar-refractivity contribution < 1.29 is 109 Å². The predicted molar refractivity (Wildman–Crippen MR) is 308 cm³/mol. The van der Waals surface area contributed by atoms with Crippen molar-refractivity contribution in [3.8, 4) is 0 Å². The molecule has 0 bridgehead atoms. The van der Waals surface area contributed by atoms with E-state index in [9.17, 15) is 69.0 Å². The molecule has 3 amide bonds. The highest BCUT2D eigenvalue weighted by molar-refractivity contribution is 5.94. The number of piperidine rings is 1. The minimum atomic E-state index is -1.47. The third kappa shape index (κ3) is 22.9. The van der Waals surface area contributed by atoms with Gasteiger partial charge in [-0.3, -0.25) is 19.3 Å². The van der Waals surface area contributed by atoms with E-state index in [0.29, 0.717) is 41.4 Å². The number of ether oxygens (including phenoxy) is 2. The number of amides is 3. The molecule has 3 saturated heterocycles. The highest BCUT2D eigenvalue weighted by Crippen LogP contribution is 2.24. The monoisotopic (exact) mass is 1200 g/mol. The zero-order chi connectivity index (χ0) is 63.6. The highest BCUT2D eigenvalue weighted by atomic mass is 16.6. The normalized spacial score (nSPS) is 21.3. The van der Waals surface area contributed by atoms with Crippen molar-refractivity contribution in [2.24, 2.45) is 0 Å². The van der Waals surface area contributed by atoms with Crippen LogP contribution in [-0.4, -0.2) is 202 Å². The molecule has 28 nitrogen and oxygen atoms in total. The first-order valence-electron chi connectivity index (χ1n) is 26.6. The molecule has 0 radical (unpaired) electrons. The summed E-state index contributed by atoms with van der Waals surface area (Å²) in [6.07, 6.45) is -6.93. The Hall–Kier alpha value is -8.94. The molecule has 0 aliphatic carbocycles. The van der Waals surface area contributed by atoms with Crippen LogP contribution in [0.15, 0.2) is 121 Å². The number of aliphatic hydroxyl groups excluding tert-OH is 7. The standard InChI is InChI=1S/C14H18N2O3.C13H17NO7.C12H15NO6.C10H11NO3.C9H9NO3/c17-13(10-16-8-2-1-3-9-16)15-12-6-4-11(5-7-12)14(18)19;15-5-8-9(16)10(17)11(18)12(21-8)14-7-3-1-6(2-4-7)13(19)20;14-8-5-19-11(10(16)9(8)15)13-7-3-1-6(2-4-7)12(17)18;1-2-9(12)11-8-5-3-7(4-6-8)10(13)14;1-6(11)10-8-4-2-7(3-5-8)9(12)13/h4-7H,1-3,8-10H2,(H,15,17)(H,18,19);1-4,8-12,14-18H,5H2,(H,19,20);1-4,8-11,13-16H,5H2,(H,17,18);3-6H,2H2,1H3,(H,11,12)(H,13,14);2-5H,1H3,(H,10,11)(H,12,13)/t;8?,9-,10-,11?,12-;8-,9-,10?,11-;;/m.11../s1. The average Bonchev–Trinajstić information content (AvgIpc) is 2.26. The van der Waals surface area contributed by atoms with Crippen LogP contribution in [0.25, 0.3) is 0 Å². The van der Waals surface area contributed by atoms with E-state index in [1.807, 2.05) is 0 Å². The van der Waals surface area contributed by atoms with E-state index in [2.05, 4.69) is 31.5 Å². The fraction of sp³-hybridized carbons (Fsp3) is 0.345. The second kappa shape index (κ2) is 34.7. The van der Waals surface area contributed by atoms with Gasteiger partial charge >= 0.3 is 29.8 Å². The summed E-state index contributed by atoms with van der Waals surface area (Å²) in [5, 5.41) is 124. The highest BCUT2D eigenvalue weighted by Gasteiger charge is 2.43. The molecule has 3 heterocycles. The summed E-state index contributed by atoms with van der Waals surface area (Å²) in [6.45, 7) is 4.90. The lowest BCUT2D eigenvalue weighted by atomic mass is 9.98. The Morgan fingerprint density at radius 3 is 1.16 bits per heavy atom. The molecule has 0 aromatic heterocycles. The molecule has 3 fully saturated rings. The van der Waals surface area contributed by atoms with Crippen LogP contribution in [0, 0.1) is 0 Å². The first-order valence-corrected chi connectivity index (χ1v) is 26.6. The first kappa shape index (κ1) is 69.6. The number of benzene rings is 5. The Labute approximate surface area is 491 Å². The van der Waals surface area contributed by atoms with E-state index in [4.69, 9.17) is 40.1 Å². The number of hydrogen-bond acceptors (Lipinski definition) is 20. The molecule has 0 saturated carbocycles. The number of hydrogen-bond donors (Lipinski definition) is 17. The number of carbonyl (C=O) groups excluding carboxylic acids is 3. The van der Waals surface area contributed by atoms with Crippen molar-refractivity contribution >= 4 is 76.0 Å². The lowest BCUT2D eigenvalue weighted by molar-refractivity contribution is -0.221. The zero-order valence-corrected chi connectivity index (χ0v) is 46.5. The number of aromatic carboxylic acids is 5. The van der Waals surface area contributed by atoms with Gasteiger partial charge in [-0.05, 0) is 147 Å². The molecule has 3 unspecified atom stereocenters. The number of aliphatic hydroxyl groups is 7. The van der Waals surface area contributed by atoms with Gasteiger partial charge in [-0.15, -0.1) is 0 Å². The van der Waals surface area contributed by atoms with Crippen molar-refractivity contribution in [1.82, 2.24) is 4.90 Å². The maximum absolute atomic E-state index is 11.8. The summed E-state index contributed by atoms with van der Waals surface area (Å²) >= 11 is 0. The van der Waals surface area contributed by atoms with E-state index < -0.39 is 91.6 Å². The van der Waals surface area contributed by atoms with Crippen LogP contribution in [0.4, 0.5) is 28.4 Å². The van der Waals surface area contributed by atoms with Crippen LogP contribution in [0.3, 0.4) is 0 Å². The Morgan fingerprint density at radius 1 is 0.453 bits per heavy atom. The molecule has 86 heavy (non-hydrogen) atoms. The van der Waals surface area contributed by atoms with Crippen LogP contribution < -0.4 is 26.6 Å². The van der Waals surface area contributed by atoms with Crippen molar-refractivity contribution in [1.29, 1.82) is 0 Å². The van der Waals surface area contributed by atoms with Crippen molar-refractivity contribution in [3.05, 3.63) is 149 Å². The Kier molecular flexibility index (Phi) is 28.1. The Balaban J connectivity index is 0.000000233. The van der Waals surface area contributed by atoms with Crippen molar-refractivity contribution in [2.75, 3.05) is 59.4 Å². The maximum atomic E-state index is 11.8. The Morgan fingerprint density at radius 2 is 0.802 bits per heavy atom. The molecule has 17 N–H and O–H groups in total. The summed E-state index contributed by atoms with van der Waals surface area (Å²) in [5.74, 6) is -5.33. The van der Waals surface area contributed by atoms with Gasteiger partial charge in [0.25, 0.3) is 0 Å². The van der Waals surface area contributed by atoms with Gasteiger partial charge in [0, 0.05) is 41.8 Å². The summed E-state index contributed by atoms with van der Waals surface area (Å²) < 4.78 is 10.4. The van der Waals surface area contributed by atoms with Crippen molar-refractivity contribution in [2.45, 2.75) is 94.7 Å². The minimum absolute atomic E-state index is 0.0509. The second-order valence-corrected chi connectivity index (χ2v) is 19.2. The van der Waals surface area contributed by atoms with Crippen LogP contribution in [-0.2, 0) is 23.9 Å². The van der Waals surface area contributed by atoms with Gasteiger partial charge in [0.2, 0.25) is 17.7 Å². The SMILES string of the molecule is CC(=O)Nc1ccc(C(=O)O)cc1.CCC(=O)Nc1ccc(C(=O)O)cc1.O=C(CN1CCCCC1)Nc1ccc(C(=O)O)cc1.O=C(O)c1ccc(N[C@@H]2OC(CO)[C@@H](O)[C@@H](O)C2O)cc1.O=C(O)c1ccc(N[C@@H]2OC[C@@H](O)[C@@H](O)C2O)cc1. The van der Waals surface area contributed by atoms with Crippen LogP contribution in [0.2, 0.25) is 0 Å². The third-order valence-electron chi connectivity index (χ3n) is 12.7. The summed E-state index contributed by atoms with van der Waals surface area (Å²) in [4.78, 5) is 88.6. The number of likely N-dealkylation sites (tertiary alicyclic amines) is 1. The maximum Gasteiger partial charge on any atom is 0.335 e. The molecular formula is C58H70N6O22. The molecule has 9 atom stereocenters. The summed E-state index contributed by atoms with van der Waals surface area (Å²) in [6, 6.07) is 29.8. The molecule has 464 valence electrons. The zero-order valence-electron chi connectivity index (χ0n) is 46.5. The molecule has 0 spiro atoms. The second-order valence-electron chi connectivity index (χ2n) is 19.2. The van der Waals surface area contributed by atoms with Crippen molar-refractivity contribution in [3.63, 3.8) is 0 Å². The van der Waals surface area contributed by atoms with E-state index >= 15 is 0 Å². The van der Waals surface area contributed by atoms with Crippen LogP contribution >= 0.6 is 0 Å². The largest absolute Gasteiger partial charge is 0.478 e. The fourth-order valence-electron chi connectivity index (χ4n) is 7.96. The Bertz CT molecular complexity index is 3000. The fourth-order valence-corrected chi connectivity index (χ4v) is 7.96. The van der Waals surface area contributed by atoms with Gasteiger partial charge in [-0.1, -0.05) is 13.3 Å². The quantitative estimate of drug-likeness (QED) is 0.0675. The first-order chi connectivity index (χ1) is 40.8. The minimum Gasteiger partial charge on any atom is -0.478 e. The molecule has 28 heteroatoms. The lowest BCUT2D eigenvalue weighted by Crippen LogP contribution is -2.60. The lowest BCUT2D eigenvalue weighted by Gasteiger charge is -2.40. The van der Waals surface area contributed by atoms with E-state index in [0.717, 1.165) is 25.9 Å². The number of carboxylic acids is 5. The third-order valence-corrected chi connectivity index (χ3v) is 12.7. The van der Waals surface area contributed by atoms with Gasteiger partial charge in [0.05, 0.1) is 47.6 Å². The topological polar surface area (TPSA) is 461 Å².